The molecule has 0 aliphatic rings. The van der Waals surface area contributed by atoms with E-state index in [2.05, 4.69) is 11.9 Å². The van der Waals surface area contributed by atoms with Crippen LogP contribution < -0.4 is 10.1 Å². The van der Waals surface area contributed by atoms with Crippen molar-refractivity contribution in [3.05, 3.63) is 71.8 Å². The van der Waals surface area contributed by atoms with Crippen LogP contribution >= 0.6 is 0 Å². The SMILES string of the molecule is C=CCNC(=O)c1ccc(OC)c(CN(C)S(=O)(=O)c2ccc(C)cc2)c1. The molecule has 0 spiro atoms. The van der Waals surface area contributed by atoms with E-state index in [-0.39, 0.29) is 17.3 Å². The molecule has 0 aliphatic carbocycles. The van der Waals surface area contributed by atoms with Gasteiger partial charge in [-0.1, -0.05) is 23.8 Å². The number of benzene rings is 2. The van der Waals surface area contributed by atoms with Crippen LogP contribution in [0.3, 0.4) is 0 Å². The van der Waals surface area contributed by atoms with Gasteiger partial charge in [-0.25, -0.2) is 8.42 Å². The molecule has 0 aliphatic heterocycles. The van der Waals surface area contributed by atoms with Crippen molar-refractivity contribution in [2.45, 2.75) is 18.4 Å². The fourth-order valence-electron chi connectivity index (χ4n) is 2.53. The molecule has 144 valence electrons. The molecule has 2 aromatic rings. The van der Waals surface area contributed by atoms with E-state index in [1.54, 1.807) is 48.5 Å². The Morgan fingerprint density at radius 2 is 1.89 bits per heavy atom. The van der Waals surface area contributed by atoms with E-state index in [0.717, 1.165) is 5.56 Å². The number of hydrogen-bond donors (Lipinski definition) is 1. The second kappa shape index (κ2) is 8.83. The number of carbonyl (C=O) groups excluding carboxylic acids is 1. The first-order chi connectivity index (χ1) is 12.8. The Morgan fingerprint density at radius 1 is 1.22 bits per heavy atom. The van der Waals surface area contributed by atoms with Crippen LogP contribution in [-0.4, -0.2) is 39.3 Å². The van der Waals surface area contributed by atoms with Gasteiger partial charge >= 0.3 is 0 Å². The van der Waals surface area contributed by atoms with Crippen molar-refractivity contribution in [2.24, 2.45) is 0 Å². The molecule has 0 saturated carbocycles. The monoisotopic (exact) mass is 388 g/mol. The number of sulfonamides is 1. The molecule has 1 amide bonds. The normalized spacial score (nSPS) is 11.3. The van der Waals surface area contributed by atoms with Crippen molar-refractivity contribution < 1.29 is 17.9 Å². The highest BCUT2D eigenvalue weighted by atomic mass is 32.2. The Hall–Kier alpha value is -2.64. The van der Waals surface area contributed by atoms with E-state index in [1.165, 1.54) is 18.5 Å². The third kappa shape index (κ3) is 4.96. The molecule has 0 unspecified atom stereocenters. The smallest absolute Gasteiger partial charge is 0.251 e. The van der Waals surface area contributed by atoms with Crippen LogP contribution in [-0.2, 0) is 16.6 Å². The first-order valence-electron chi connectivity index (χ1n) is 8.38. The molecule has 27 heavy (non-hydrogen) atoms. The van der Waals surface area contributed by atoms with Gasteiger partial charge in [-0.05, 0) is 37.3 Å². The zero-order chi connectivity index (χ0) is 20.0. The predicted molar refractivity (Wildman–Crippen MR) is 105 cm³/mol. The largest absolute Gasteiger partial charge is 0.496 e. The maximum absolute atomic E-state index is 12.8. The maximum atomic E-state index is 12.8. The Balaban J connectivity index is 2.29. The summed E-state index contributed by atoms with van der Waals surface area (Å²) in [5.41, 5.74) is 2.01. The fraction of sp³-hybridized carbons (Fsp3) is 0.250. The third-order valence-electron chi connectivity index (χ3n) is 4.07. The van der Waals surface area contributed by atoms with Crippen molar-refractivity contribution in [3.63, 3.8) is 0 Å². The molecular formula is C20H24N2O4S. The zero-order valence-electron chi connectivity index (χ0n) is 15.7. The minimum absolute atomic E-state index is 0.0714. The summed E-state index contributed by atoms with van der Waals surface area (Å²) >= 11 is 0. The van der Waals surface area contributed by atoms with Gasteiger partial charge in [0, 0.05) is 31.3 Å². The van der Waals surface area contributed by atoms with Crippen LogP contribution in [0.25, 0.3) is 0 Å². The average molecular weight is 388 g/mol. The molecule has 2 aromatic carbocycles. The number of aryl methyl sites for hydroxylation is 1. The van der Waals surface area contributed by atoms with E-state index in [0.29, 0.717) is 23.4 Å². The molecule has 1 N–H and O–H groups in total. The Kier molecular flexibility index (Phi) is 6.76. The molecule has 0 bridgehead atoms. The molecule has 0 fully saturated rings. The Morgan fingerprint density at radius 3 is 2.48 bits per heavy atom. The van der Waals surface area contributed by atoms with Gasteiger partial charge in [0.05, 0.1) is 12.0 Å². The maximum Gasteiger partial charge on any atom is 0.251 e. The number of carbonyl (C=O) groups is 1. The molecule has 0 radical (unpaired) electrons. The van der Waals surface area contributed by atoms with E-state index in [9.17, 15) is 13.2 Å². The van der Waals surface area contributed by atoms with Gasteiger partial charge in [0.1, 0.15) is 5.75 Å². The Labute approximate surface area is 160 Å². The fourth-order valence-corrected chi connectivity index (χ4v) is 3.67. The van der Waals surface area contributed by atoms with Crippen LogP contribution in [0.5, 0.6) is 5.75 Å². The van der Waals surface area contributed by atoms with Crippen molar-refractivity contribution in [1.82, 2.24) is 9.62 Å². The average Bonchev–Trinajstić information content (AvgIpc) is 2.66. The summed E-state index contributed by atoms with van der Waals surface area (Å²) in [6.07, 6.45) is 1.59. The van der Waals surface area contributed by atoms with Crippen LogP contribution in [0.4, 0.5) is 0 Å². The van der Waals surface area contributed by atoms with Crippen LogP contribution in [0.1, 0.15) is 21.5 Å². The van der Waals surface area contributed by atoms with Crippen molar-refractivity contribution in [1.29, 1.82) is 0 Å². The van der Waals surface area contributed by atoms with Gasteiger partial charge in [0.2, 0.25) is 10.0 Å². The highest BCUT2D eigenvalue weighted by Crippen LogP contribution is 2.24. The molecule has 0 saturated heterocycles. The van der Waals surface area contributed by atoms with Gasteiger partial charge < -0.3 is 10.1 Å². The summed E-state index contributed by atoms with van der Waals surface area (Å²) < 4.78 is 32.2. The highest BCUT2D eigenvalue weighted by Gasteiger charge is 2.22. The van der Waals surface area contributed by atoms with E-state index in [1.807, 2.05) is 6.92 Å². The molecule has 6 nitrogen and oxygen atoms in total. The molecule has 2 rings (SSSR count). The molecule has 7 heteroatoms. The lowest BCUT2D eigenvalue weighted by molar-refractivity contribution is 0.0958. The van der Waals surface area contributed by atoms with Gasteiger partial charge in [0.25, 0.3) is 5.91 Å². The van der Waals surface area contributed by atoms with E-state index in [4.69, 9.17) is 4.74 Å². The first-order valence-corrected chi connectivity index (χ1v) is 9.82. The third-order valence-corrected chi connectivity index (χ3v) is 5.89. The van der Waals surface area contributed by atoms with Crippen molar-refractivity contribution >= 4 is 15.9 Å². The molecular weight excluding hydrogens is 364 g/mol. The number of amides is 1. The minimum atomic E-state index is -3.66. The number of nitrogens with one attached hydrogen (secondary N) is 1. The number of rotatable bonds is 8. The number of methoxy groups -OCH3 is 1. The van der Waals surface area contributed by atoms with Crippen molar-refractivity contribution in [2.75, 3.05) is 20.7 Å². The highest BCUT2D eigenvalue weighted by molar-refractivity contribution is 7.89. The second-order valence-corrected chi connectivity index (χ2v) is 8.14. The lowest BCUT2D eigenvalue weighted by Crippen LogP contribution is -2.27. The van der Waals surface area contributed by atoms with Gasteiger partial charge in [-0.3, -0.25) is 4.79 Å². The lowest BCUT2D eigenvalue weighted by Gasteiger charge is -2.19. The molecule has 0 aromatic heterocycles. The standard InChI is InChI=1S/C20H24N2O4S/c1-5-12-21-20(23)16-8-11-19(26-4)17(13-16)14-22(3)27(24,25)18-9-6-15(2)7-10-18/h5-11,13H,1,12,14H2,2-4H3,(H,21,23). The molecule has 0 heterocycles. The molecule has 0 atom stereocenters. The predicted octanol–water partition coefficient (Wildman–Crippen LogP) is 2.74. The van der Waals surface area contributed by atoms with Crippen LogP contribution in [0, 0.1) is 6.92 Å². The summed E-state index contributed by atoms with van der Waals surface area (Å²) in [4.78, 5) is 12.4. The topological polar surface area (TPSA) is 75.7 Å². The quantitative estimate of drug-likeness (QED) is 0.706. The summed E-state index contributed by atoms with van der Waals surface area (Å²) in [7, 11) is -0.658. The number of hydrogen-bond acceptors (Lipinski definition) is 4. The minimum Gasteiger partial charge on any atom is -0.496 e. The Bertz CT molecular complexity index is 921. The van der Waals surface area contributed by atoms with E-state index < -0.39 is 10.0 Å². The lowest BCUT2D eigenvalue weighted by atomic mass is 10.1. The number of nitrogens with zero attached hydrogens (tertiary/aromatic N) is 1. The zero-order valence-corrected chi connectivity index (χ0v) is 16.5. The summed E-state index contributed by atoms with van der Waals surface area (Å²) in [6, 6.07) is 11.6. The van der Waals surface area contributed by atoms with E-state index >= 15 is 0 Å². The van der Waals surface area contributed by atoms with Gasteiger partial charge in [0.15, 0.2) is 0 Å². The first kappa shape index (κ1) is 20.7. The van der Waals surface area contributed by atoms with Crippen LogP contribution in [0.15, 0.2) is 60.0 Å². The van der Waals surface area contributed by atoms with Gasteiger partial charge in [-0.15, -0.1) is 6.58 Å². The van der Waals surface area contributed by atoms with Crippen molar-refractivity contribution in [3.8, 4) is 5.75 Å². The second-order valence-electron chi connectivity index (χ2n) is 6.10. The van der Waals surface area contributed by atoms with Gasteiger partial charge in [-0.2, -0.15) is 4.31 Å². The number of ether oxygens (including phenoxy) is 1. The summed E-state index contributed by atoms with van der Waals surface area (Å²) in [5.74, 6) is 0.254. The summed E-state index contributed by atoms with van der Waals surface area (Å²) in [5, 5.41) is 2.70. The summed E-state index contributed by atoms with van der Waals surface area (Å²) in [6.45, 7) is 5.88. The van der Waals surface area contributed by atoms with Crippen LogP contribution in [0.2, 0.25) is 0 Å².